The molecule has 0 spiro atoms. The van der Waals surface area contributed by atoms with Crippen molar-refractivity contribution in [3.8, 4) is 0 Å². The van der Waals surface area contributed by atoms with Gasteiger partial charge < -0.3 is 10.6 Å². The molecule has 0 saturated heterocycles. The Bertz CT molecular complexity index is 281. The lowest BCUT2D eigenvalue weighted by atomic mass is 10.2. The molecular weight excluding hydrogens is 190 g/mol. The predicted octanol–water partition coefficient (Wildman–Crippen LogP) is 0.640. The lowest BCUT2D eigenvalue weighted by Crippen LogP contribution is -2.15. The Balaban J connectivity index is 2.39. The van der Waals surface area contributed by atoms with Crippen molar-refractivity contribution in [2.24, 2.45) is 5.73 Å². The Morgan fingerprint density at radius 2 is 2.27 bits per heavy atom. The van der Waals surface area contributed by atoms with Crippen LogP contribution in [0, 0.1) is 0 Å². The fourth-order valence-corrected chi connectivity index (χ4v) is 1.35. The van der Waals surface area contributed by atoms with E-state index in [-0.39, 0.29) is 6.04 Å². The van der Waals surface area contributed by atoms with E-state index in [1.165, 1.54) is 0 Å². The summed E-state index contributed by atoms with van der Waals surface area (Å²) in [7, 11) is 4.14. The van der Waals surface area contributed by atoms with Gasteiger partial charge in [-0.2, -0.15) is 0 Å². The van der Waals surface area contributed by atoms with Crippen LogP contribution in [0.1, 0.15) is 31.5 Å². The molecule has 0 bridgehead atoms. The van der Waals surface area contributed by atoms with Crippen LogP contribution in [0.2, 0.25) is 0 Å². The largest absolute Gasteiger partial charge is 0.323 e. The van der Waals surface area contributed by atoms with Crippen molar-refractivity contribution in [3.63, 3.8) is 0 Å². The van der Waals surface area contributed by atoms with Gasteiger partial charge in [0.05, 0.1) is 17.9 Å². The minimum Gasteiger partial charge on any atom is -0.323 e. The molecule has 1 rings (SSSR count). The van der Waals surface area contributed by atoms with Crippen LogP contribution in [0.4, 0.5) is 0 Å². The number of hydrogen-bond donors (Lipinski definition) is 1. The molecule has 0 amide bonds. The molecule has 0 saturated carbocycles. The first-order valence-corrected chi connectivity index (χ1v) is 5.43. The van der Waals surface area contributed by atoms with Gasteiger partial charge in [0.25, 0.3) is 0 Å². The topological polar surface area (TPSA) is 60.0 Å². The molecule has 0 aliphatic rings. The van der Waals surface area contributed by atoms with Gasteiger partial charge in [0, 0.05) is 6.54 Å². The second kappa shape index (κ2) is 5.82. The van der Waals surface area contributed by atoms with Crippen LogP contribution in [0.15, 0.2) is 6.20 Å². The molecule has 0 aromatic carbocycles. The first-order chi connectivity index (χ1) is 7.13. The average Bonchev–Trinajstić information content (AvgIpc) is 2.65. The Morgan fingerprint density at radius 1 is 1.53 bits per heavy atom. The zero-order chi connectivity index (χ0) is 11.3. The Hall–Kier alpha value is -0.940. The van der Waals surface area contributed by atoms with Gasteiger partial charge in [-0.1, -0.05) is 12.1 Å². The van der Waals surface area contributed by atoms with Crippen LogP contribution < -0.4 is 5.73 Å². The van der Waals surface area contributed by atoms with Crippen molar-refractivity contribution in [3.05, 3.63) is 11.9 Å². The minimum atomic E-state index is 0.0209. The Kier molecular flexibility index (Phi) is 4.71. The van der Waals surface area contributed by atoms with Gasteiger partial charge in [-0.25, -0.2) is 0 Å². The van der Waals surface area contributed by atoms with Gasteiger partial charge in [0.15, 0.2) is 0 Å². The summed E-state index contributed by atoms with van der Waals surface area (Å²) in [5.41, 5.74) is 6.75. The maximum absolute atomic E-state index is 5.86. The second-order valence-electron chi connectivity index (χ2n) is 4.08. The summed E-state index contributed by atoms with van der Waals surface area (Å²) in [6.07, 6.45) is 3.93. The van der Waals surface area contributed by atoms with Crippen molar-refractivity contribution >= 4 is 0 Å². The van der Waals surface area contributed by atoms with E-state index in [9.17, 15) is 0 Å². The van der Waals surface area contributed by atoms with Crippen molar-refractivity contribution in [2.75, 3.05) is 20.6 Å². The molecule has 1 atom stereocenters. The quantitative estimate of drug-likeness (QED) is 0.750. The smallest absolute Gasteiger partial charge is 0.0993 e. The fraction of sp³-hybridized carbons (Fsp3) is 0.800. The molecule has 2 N–H and O–H groups in total. The van der Waals surface area contributed by atoms with E-state index in [1.807, 2.05) is 10.9 Å². The van der Waals surface area contributed by atoms with E-state index in [0.717, 1.165) is 31.6 Å². The van der Waals surface area contributed by atoms with Crippen LogP contribution in [0.3, 0.4) is 0 Å². The minimum absolute atomic E-state index is 0.0209. The van der Waals surface area contributed by atoms with Crippen LogP contribution in [-0.2, 0) is 6.54 Å². The number of hydrogen-bond acceptors (Lipinski definition) is 4. The van der Waals surface area contributed by atoms with E-state index in [2.05, 4.69) is 36.2 Å². The lowest BCUT2D eigenvalue weighted by Gasteiger charge is -2.08. The van der Waals surface area contributed by atoms with Crippen LogP contribution >= 0.6 is 0 Å². The summed E-state index contributed by atoms with van der Waals surface area (Å²) < 4.78 is 1.87. The van der Waals surface area contributed by atoms with E-state index in [4.69, 9.17) is 5.73 Å². The molecule has 86 valence electrons. The predicted molar refractivity (Wildman–Crippen MR) is 60.4 cm³/mol. The second-order valence-corrected chi connectivity index (χ2v) is 4.08. The molecule has 5 nitrogen and oxygen atoms in total. The highest BCUT2D eigenvalue weighted by Gasteiger charge is 2.07. The van der Waals surface area contributed by atoms with Crippen LogP contribution in [0.5, 0.6) is 0 Å². The van der Waals surface area contributed by atoms with Gasteiger partial charge in [0.1, 0.15) is 0 Å². The molecule has 15 heavy (non-hydrogen) atoms. The fourth-order valence-electron chi connectivity index (χ4n) is 1.35. The molecule has 0 aliphatic heterocycles. The van der Waals surface area contributed by atoms with Crippen molar-refractivity contribution in [1.82, 2.24) is 19.9 Å². The first-order valence-electron chi connectivity index (χ1n) is 5.43. The van der Waals surface area contributed by atoms with E-state index < -0.39 is 0 Å². The van der Waals surface area contributed by atoms with Gasteiger partial charge in [-0.3, -0.25) is 4.68 Å². The SMILES string of the molecule is CCC(N)c1cn(CCCN(C)C)nn1. The third kappa shape index (κ3) is 3.97. The van der Waals surface area contributed by atoms with Crippen LogP contribution in [-0.4, -0.2) is 40.5 Å². The standard InChI is InChI=1S/C10H21N5/c1-4-9(11)10-8-15(13-12-10)7-5-6-14(2)3/h8-9H,4-7,11H2,1-3H3. The van der Waals surface area contributed by atoms with E-state index in [1.54, 1.807) is 0 Å². The van der Waals surface area contributed by atoms with Crippen molar-refractivity contribution < 1.29 is 0 Å². The molecule has 0 radical (unpaired) electrons. The molecule has 1 heterocycles. The molecule has 0 fully saturated rings. The summed E-state index contributed by atoms with van der Waals surface area (Å²) in [5, 5.41) is 8.11. The number of aryl methyl sites for hydroxylation is 1. The number of rotatable bonds is 6. The summed E-state index contributed by atoms with van der Waals surface area (Å²) in [6.45, 7) is 4.02. The molecule has 1 aromatic rings. The molecule has 5 heteroatoms. The maximum atomic E-state index is 5.86. The summed E-state index contributed by atoms with van der Waals surface area (Å²) in [4.78, 5) is 2.16. The number of nitrogens with two attached hydrogens (primary N) is 1. The third-order valence-corrected chi connectivity index (χ3v) is 2.37. The zero-order valence-electron chi connectivity index (χ0n) is 9.85. The summed E-state index contributed by atoms with van der Waals surface area (Å²) in [6, 6.07) is 0.0209. The molecule has 1 unspecified atom stereocenters. The van der Waals surface area contributed by atoms with Crippen LogP contribution in [0.25, 0.3) is 0 Å². The highest BCUT2D eigenvalue weighted by molar-refractivity contribution is 4.98. The van der Waals surface area contributed by atoms with E-state index in [0.29, 0.717) is 0 Å². The van der Waals surface area contributed by atoms with E-state index >= 15 is 0 Å². The first kappa shape index (κ1) is 12.1. The van der Waals surface area contributed by atoms with Crippen molar-refractivity contribution in [2.45, 2.75) is 32.4 Å². The summed E-state index contributed by atoms with van der Waals surface area (Å²) in [5.74, 6) is 0. The maximum Gasteiger partial charge on any atom is 0.0993 e. The van der Waals surface area contributed by atoms with Gasteiger partial charge in [0.2, 0.25) is 0 Å². The van der Waals surface area contributed by atoms with Gasteiger partial charge in [-0.15, -0.1) is 5.10 Å². The van der Waals surface area contributed by atoms with Gasteiger partial charge in [-0.05, 0) is 33.5 Å². The monoisotopic (exact) mass is 211 g/mol. The average molecular weight is 211 g/mol. The molecule has 1 aromatic heterocycles. The molecular formula is C10H21N5. The third-order valence-electron chi connectivity index (χ3n) is 2.37. The van der Waals surface area contributed by atoms with Crippen molar-refractivity contribution in [1.29, 1.82) is 0 Å². The Morgan fingerprint density at radius 3 is 2.87 bits per heavy atom. The Labute approximate surface area is 91.2 Å². The highest BCUT2D eigenvalue weighted by atomic mass is 15.4. The van der Waals surface area contributed by atoms with Gasteiger partial charge >= 0.3 is 0 Å². The summed E-state index contributed by atoms with van der Waals surface area (Å²) >= 11 is 0. The zero-order valence-corrected chi connectivity index (χ0v) is 9.85. The normalized spacial score (nSPS) is 13.4. The lowest BCUT2D eigenvalue weighted by molar-refractivity contribution is 0.379. The number of aromatic nitrogens is 3. The number of nitrogens with zero attached hydrogens (tertiary/aromatic N) is 4. The highest BCUT2D eigenvalue weighted by Crippen LogP contribution is 2.08. The molecule has 0 aliphatic carbocycles.